The molecule has 36 heavy (non-hydrogen) atoms. The average molecular weight is 488 g/mol. The number of fused-ring (bicyclic) bond motifs is 1. The number of carbonyl (C=O) groups excluding carboxylic acids is 2. The van der Waals surface area contributed by atoms with Gasteiger partial charge >= 0.3 is 0 Å². The number of nitrogens with one attached hydrogen (secondary N) is 3. The summed E-state index contributed by atoms with van der Waals surface area (Å²) in [7, 11) is 1.56. The fourth-order valence-corrected chi connectivity index (χ4v) is 4.11. The first kappa shape index (κ1) is 25.0. The summed E-state index contributed by atoms with van der Waals surface area (Å²) in [6.45, 7) is 8.46. The van der Waals surface area contributed by atoms with Crippen molar-refractivity contribution in [1.82, 2.24) is 10.6 Å². The molecule has 0 bridgehead atoms. The standard InChI is InChI=1S/C29H30FN3O3/c1-6-32-23-16-24-22(25(28(35)31-5)26(36-24)17-10-12-20(30)13-11-17)15-21(23)18-8-7-9-19(14-18)27(34)33-29(2,3)4/h7-16,32H,6H2,1-5H3,(H,31,35)(H,33,34). The molecule has 6 nitrogen and oxygen atoms in total. The zero-order valence-corrected chi connectivity index (χ0v) is 21.1. The van der Waals surface area contributed by atoms with E-state index in [0.717, 1.165) is 16.8 Å². The maximum atomic E-state index is 13.5. The molecule has 3 aromatic carbocycles. The zero-order chi connectivity index (χ0) is 26.0. The van der Waals surface area contributed by atoms with Crippen molar-refractivity contribution in [2.45, 2.75) is 33.2 Å². The van der Waals surface area contributed by atoms with E-state index in [4.69, 9.17) is 4.42 Å². The first-order chi connectivity index (χ1) is 17.1. The van der Waals surface area contributed by atoms with Gasteiger partial charge in [-0.25, -0.2) is 4.39 Å². The van der Waals surface area contributed by atoms with Gasteiger partial charge in [0.25, 0.3) is 11.8 Å². The van der Waals surface area contributed by atoms with Crippen molar-refractivity contribution in [3.8, 4) is 22.5 Å². The minimum Gasteiger partial charge on any atom is -0.455 e. The van der Waals surface area contributed by atoms with Crippen molar-refractivity contribution in [2.24, 2.45) is 0 Å². The average Bonchev–Trinajstić information content (AvgIpc) is 3.21. The molecule has 0 atom stereocenters. The molecule has 0 saturated heterocycles. The summed E-state index contributed by atoms with van der Waals surface area (Å²) in [6, 6.07) is 17.0. The molecule has 0 aliphatic rings. The quantitative estimate of drug-likeness (QED) is 0.301. The first-order valence-electron chi connectivity index (χ1n) is 11.9. The monoisotopic (exact) mass is 487 g/mol. The topological polar surface area (TPSA) is 83.4 Å². The molecule has 3 N–H and O–H groups in total. The number of amides is 2. The second-order valence-corrected chi connectivity index (χ2v) is 9.60. The smallest absolute Gasteiger partial charge is 0.255 e. The molecule has 0 saturated carbocycles. The second-order valence-electron chi connectivity index (χ2n) is 9.60. The van der Waals surface area contributed by atoms with Crippen LogP contribution in [0.5, 0.6) is 0 Å². The normalized spacial score (nSPS) is 11.4. The lowest BCUT2D eigenvalue weighted by molar-refractivity contribution is 0.0918. The van der Waals surface area contributed by atoms with Crippen LogP contribution in [0.4, 0.5) is 10.1 Å². The van der Waals surface area contributed by atoms with Crippen LogP contribution in [0.2, 0.25) is 0 Å². The Morgan fingerprint density at radius 3 is 2.31 bits per heavy atom. The Kier molecular flexibility index (Phi) is 6.84. The van der Waals surface area contributed by atoms with Gasteiger partial charge in [-0.05, 0) is 75.7 Å². The molecule has 1 aromatic heterocycles. The number of anilines is 1. The maximum absolute atomic E-state index is 13.5. The van der Waals surface area contributed by atoms with Gasteiger partial charge in [0.2, 0.25) is 0 Å². The van der Waals surface area contributed by atoms with Gasteiger partial charge in [0.15, 0.2) is 0 Å². The Hall–Kier alpha value is -4.13. The molecule has 4 aromatic rings. The molecular formula is C29H30FN3O3. The molecule has 0 spiro atoms. The summed E-state index contributed by atoms with van der Waals surface area (Å²) < 4.78 is 19.7. The Balaban J connectivity index is 1.92. The van der Waals surface area contributed by atoms with E-state index in [1.54, 1.807) is 25.2 Å². The van der Waals surface area contributed by atoms with Crippen molar-refractivity contribution in [1.29, 1.82) is 0 Å². The summed E-state index contributed by atoms with van der Waals surface area (Å²) in [5.74, 6) is -0.484. The fourth-order valence-electron chi connectivity index (χ4n) is 4.11. The SMILES string of the molecule is CCNc1cc2oc(-c3ccc(F)cc3)c(C(=O)NC)c2cc1-c1cccc(C(=O)NC(C)(C)C)c1. The van der Waals surface area contributed by atoms with Crippen LogP contribution in [0.3, 0.4) is 0 Å². The molecule has 4 rings (SSSR count). The molecule has 186 valence electrons. The van der Waals surface area contributed by atoms with Gasteiger partial charge in [-0.15, -0.1) is 0 Å². The molecule has 0 fully saturated rings. The third-order valence-corrected chi connectivity index (χ3v) is 5.68. The minimum atomic E-state index is -0.372. The van der Waals surface area contributed by atoms with Crippen LogP contribution in [0.25, 0.3) is 33.4 Å². The summed E-state index contributed by atoms with van der Waals surface area (Å²) in [5, 5.41) is 9.66. The van der Waals surface area contributed by atoms with Crippen molar-refractivity contribution in [3.63, 3.8) is 0 Å². The highest BCUT2D eigenvalue weighted by molar-refractivity contribution is 6.13. The number of hydrogen-bond donors (Lipinski definition) is 3. The number of hydrogen-bond acceptors (Lipinski definition) is 4. The molecular weight excluding hydrogens is 457 g/mol. The van der Waals surface area contributed by atoms with Crippen LogP contribution in [-0.4, -0.2) is 30.9 Å². The largest absolute Gasteiger partial charge is 0.455 e. The van der Waals surface area contributed by atoms with Crippen LogP contribution >= 0.6 is 0 Å². The molecule has 2 amide bonds. The van der Waals surface area contributed by atoms with Gasteiger partial charge in [0.1, 0.15) is 17.2 Å². The molecule has 1 heterocycles. The lowest BCUT2D eigenvalue weighted by Crippen LogP contribution is -2.40. The van der Waals surface area contributed by atoms with Gasteiger partial charge in [0.05, 0.1) is 5.56 Å². The first-order valence-corrected chi connectivity index (χ1v) is 11.9. The number of furan rings is 1. The fraction of sp³-hybridized carbons (Fsp3) is 0.241. The summed E-state index contributed by atoms with van der Waals surface area (Å²) in [5.41, 5.74) is 4.11. The van der Waals surface area contributed by atoms with Crippen LogP contribution in [0.15, 0.2) is 65.1 Å². The Bertz CT molecular complexity index is 1430. The van der Waals surface area contributed by atoms with Gasteiger partial charge in [0, 0.05) is 53.0 Å². The maximum Gasteiger partial charge on any atom is 0.255 e. The third-order valence-electron chi connectivity index (χ3n) is 5.68. The van der Waals surface area contributed by atoms with Gasteiger partial charge < -0.3 is 20.4 Å². The van der Waals surface area contributed by atoms with Crippen molar-refractivity contribution < 1.29 is 18.4 Å². The Morgan fingerprint density at radius 1 is 0.944 bits per heavy atom. The Morgan fingerprint density at radius 2 is 1.67 bits per heavy atom. The summed E-state index contributed by atoms with van der Waals surface area (Å²) in [4.78, 5) is 25.8. The highest BCUT2D eigenvalue weighted by Gasteiger charge is 2.24. The van der Waals surface area contributed by atoms with E-state index in [1.165, 1.54) is 12.1 Å². The van der Waals surface area contributed by atoms with Crippen molar-refractivity contribution in [3.05, 3.63) is 77.6 Å². The lowest BCUT2D eigenvalue weighted by Gasteiger charge is -2.21. The van der Waals surface area contributed by atoms with E-state index in [0.29, 0.717) is 40.0 Å². The predicted octanol–water partition coefficient (Wildman–Crippen LogP) is 6.23. The van der Waals surface area contributed by atoms with E-state index in [2.05, 4.69) is 16.0 Å². The van der Waals surface area contributed by atoms with Gasteiger partial charge in [-0.1, -0.05) is 12.1 Å². The molecule has 0 aliphatic heterocycles. The highest BCUT2D eigenvalue weighted by Crippen LogP contribution is 2.40. The van der Waals surface area contributed by atoms with Crippen LogP contribution in [-0.2, 0) is 0 Å². The lowest BCUT2D eigenvalue weighted by atomic mass is 9.97. The van der Waals surface area contributed by atoms with Crippen LogP contribution in [0, 0.1) is 5.82 Å². The van der Waals surface area contributed by atoms with Gasteiger partial charge in [-0.3, -0.25) is 9.59 Å². The molecule has 0 unspecified atom stereocenters. The van der Waals surface area contributed by atoms with E-state index in [1.807, 2.05) is 58.0 Å². The Labute approximate surface area is 209 Å². The van der Waals surface area contributed by atoms with E-state index >= 15 is 0 Å². The summed E-state index contributed by atoms with van der Waals surface area (Å²) in [6.07, 6.45) is 0. The van der Waals surface area contributed by atoms with Crippen molar-refractivity contribution in [2.75, 3.05) is 18.9 Å². The number of carbonyl (C=O) groups is 2. The third kappa shape index (κ3) is 5.10. The van der Waals surface area contributed by atoms with Crippen molar-refractivity contribution >= 4 is 28.5 Å². The van der Waals surface area contributed by atoms with E-state index in [-0.39, 0.29) is 23.2 Å². The zero-order valence-electron chi connectivity index (χ0n) is 21.1. The second kappa shape index (κ2) is 9.85. The minimum absolute atomic E-state index is 0.164. The van der Waals surface area contributed by atoms with Crippen LogP contribution < -0.4 is 16.0 Å². The number of halogens is 1. The predicted molar refractivity (Wildman–Crippen MR) is 142 cm³/mol. The molecule has 0 aliphatic carbocycles. The van der Waals surface area contributed by atoms with Gasteiger partial charge in [-0.2, -0.15) is 0 Å². The number of benzene rings is 3. The number of rotatable bonds is 6. The van der Waals surface area contributed by atoms with E-state index < -0.39 is 0 Å². The van der Waals surface area contributed by atoms with Crippen LogP contribution in [0.1, 0.15) is 48.4 Å². The van der Waals surface area contributed by atoms with E-state index in [9.17, 15) is 14.0 Å². The molecule has 7 heteroatoms. The molecule has 0 radical (unpaired) electrons. The highest BCUT2D eigenvalue weighted by atomic mass is 19.1. The summed E-state index contributed by atoms with van der Waals surface area (Å²) >= 11 is 0.